The van der Waals surface area contributed by atoms with E-state index in [2.05, 4.69) is 34.7 Å². The molecule has 1 aromatic rings. The van der Waals surface area contributed by atoms with Gasteiger partial charge in [-0.3, -0.25) is 4.99 Å². The molecule has 0 aliphatic heterocycles. The van der Waals surface area contributed by atoms with E-state index in [4.69, 9.17) is 4.74 Å². The summed E-state index contributed by atoms with van der Waals surface area (Å²) >= 11 is 0. The van der Waals surface area contributed by atoms with Crippen molar-refractivity contribution in [1.29, 1.82) is 0 Å². The van der Waals surface area contributed by atoms with Crippen molar-refractivity contribution < 1.29 is 9.53 Å². The van der Waals surface area contributed by atoms with E-state index in [0.717, 1.165) is 30.1 Å². The van der Waals surface area contributed by atoms with Crippen molar-refractivity contribution in [1.82, 2.24) is 15.5 Å². The minimum absolute atomic E-state index is 0.316. The monoisotopic (exact) mass is 348 g/mol. The average molecular weight is 348 g/mol. The van der Waals surface area contributed by atoms with Crippen LogP contribution in [0.5, 0.6) is 0 Å². The highest BCUT2D eigenvalue weighted by Gasteiger charge is 2.19. The first-order chi connectivity index (χ1) is 11.7. The zero-order chi connectivity index (χ0) is 18.9. The van der Waals surface area contributed by atoms with E-state index < -0.39 is 5.60 Å². The Bertz CT molecular complexity index is 562. The van der Waals surface area contributed by atoms with Crippen molar-refractivity contribution in [2.45, 2.75) is 52.8 Å². The van der Waals surface area contributed by atoms with Gasteiger partial charge >= 0.3 is 6.09 Å². The number of hydrogen-bond acceptors (Lipinski definition) is 3. The first-order valence-electron chi connectivity index (χ1n) is 8.71. The molecule has 0 saturated carbocycles. The number of hydrogen-bond donors (Lipinski definition) is 2. The normalized spacial score (nSPS) is 11.8. The van der Waals surface area contributed by atoms with Gasteiger partial charge in [0, 0.05) is 33.7 Å². The molecule has 0 fully saturated rings. The van der Waals surface area contributed by atoms with Crippen LogP contribution in [-0.4, -0.2) is 43.2 Å². The van der Waals surface area contributed by atoms with Crippen molar-refractivity contribution in [2.24, 2.45) is 4.99 Å². The molecular weight excluding hydrogens is 316 g/mol. The molecule has 0 heterocycles. The molecule has 0 saturated heterocycles. The molecular formula is C19H32N4O2. The number of rotatable bonds is 6. The summed E-state index contributed by atoms with van der Waals surface area (Å²) in [6.45, 7) is 9.83. The van der Waals surface area contributed by atoms with Crippen molar-refractivity contribution in [3.8, 4) is 0 Å². The van der Waals surface area contributed by atoms with Gasteiger partial charge in [-0.25, -0.2) is 4.79 Å². The smallest absolute Gasteiger partial charge is 0.410 e. The Balaban J connectivity index is 2.52. The number of carbonyl (C=O) groups is 1. The summed E-state index contributed by atoms with van der Waals surface area (Å²) in [5.41, 5.74) is 1.74. The van der Waals surface area contributed by atoms with E-state index in [1.54, 1.807) is 19.0 Å². The van der Waals surface area contributed by atoms with Gasteiger partial charge in [-0.1, -0.05) is 31.2 Å². The van der Waals surface area contributed by atoms with E-state index >= 15 is 0 Å². The molecule has 2 N–H and O–H groups in total. The van der Waals surface area contributed by atoms with E-state index in [9.17, 15) is 4.79 Å². The Morgan fingerprint density at radius 3 is 2.28 bits per heavy atom. The molecule has 1 aromatic carbocycles. The summed E-state index contributed by atoms with van der Waals surface area (Å²) in [4.78, 5) is 17.8. The Morgan fingerprint density at radius 2 is 1.76 bits per heavy atom. The fraction of sp³-hybridized carbons (Fsp3) is 0.579. The molecule has 0 atom stereocenters. The summed E-state index contributed by atoms with van der Waals surface area (Å²) in [6, 6.07) is 8.16. The highest BCUT2D eigenvalue weighted by atomic mass is 16.6. The third-order valence-corrected chi connectivity index (χ3v) is 3.37. The number of amides is 1. The van der Waals surface area contributed by atoms with Gasteiger partial charge in [0.05, 0.1) is 0 Å². The molecule has 1 amide bonds. The molecule has 1 rings (SSSR count). The van der Waals surface area contributed by atoms with Crippen molar-refractivity contribution >= 4 is 12.1 Å². The SMILES string of the molecule is CCCNC(=NC)NCc1ccc(CN(C)C(=O)OC(C)(C)C)cc1. The second kappa shape index (κ2) is 9.91. The van der Waals surface area contributed by atoms with Crippen LogP contribution in [0.3, 0.4) is 0 Å². The molecule has 0 bridgehead atoms. The second-order valence-corrected chi connectivity index (χ2v) is 7.01. The third kappa shape index (κ3) is 8.42. The zero-order valence-corrected chi connectivity index (χ0v) is 16.3. The number of benzene rings is 1. The maximum absolute atomic E-state index is 12.0. The summed E-state index contributed by atoms with van der Waals surface area (Å²) in [6.07, 6.45) is 0.740. The Labute approximate surface area is 151 Å². The molecule has 0 unspecified atom stereocenters. The van der Waals surface area contributed by atoms with Gasteiger partial charge in [-0.05, 0) is 38.3 Å². The molecule has 0 aliphatic carbocycles. The van der Waals surface area contributed by atoms with E-state index in [0.29, 0.717) is 13.1 Å². The number of guanidine groups is 1. The third-order valence-electron chi connectivity index (χ3n) is 3.37. The van der Waals surface area contributed by atoms with Crippen LogP contribution in [0.25, 0.3) is 0 Å². The van der Waals surface area contributed by atoms with Crippen molar-refractivity contribution in [2.75, 3.05) is 20.6 Å². The van der Waals surface area contributed by atoms with Crippen LogP contribution in [0.2, 0.25) is 0 Å². The number of nitrogens with zero attached hydrogens (tertiary/aromatic N) is 2. The number of ether oxygens (including phenoxy) is 1. The summed E-state index contributed by atoms with van der Waals surface area (Å²) in [7, 11) is 3.51. The van der Waals surface area contributed by atoms with Crippen LogP contribution >= 0.6 is 0 Å². The highest BCUT2D eigenvalue weighted by molar-refractivity contribution is 5.79. The predicted molar refractivity (Wildman–Crippen MR) is 103 cm³/mol. The molecule has 6 heteroatoms. The lowest BCUT2D eigenvalue weighted by atomic mass is 10.1. The molecule has 0 aromatic heterocycles. The number of nitrogens with one attached hydrogen (secondary N) is 2. The van der Waals surface area contributed by atoms with Gasteiger partial charge in [0.1, 0.15) is 5.60 Å². The van der Waals surface area contributed by atoms with Gasteiger partial charge < -0.3 is 20.3 Å². The minimum Gasteiger partial charge on any atom is -0.444 e. The van der Waals surface area contributed by atoms with E-state index in [1.165, 1.54) is 0 Å². The lowest BCUT2D eigenvalue weighted by Gasteiger charge is -2.24. The van der Waals surface area contributed by atoms with Gasteiger partial charge in [0.25, 0.3) is 0 Å². The largest absolute Gasteiger partial charge is 0.444 e. The quantitative estimate of drug-likeness (QED) is 0.612. The highest BCUT2D eigenvalue weighted by Crippen LogP contribution is 2.12. The summed E-state index contributed by atoms with van der Waals surface area (Å²) < 4.78 is 5.36. The average Bonchev–Trinajstić information content (AvgIpc) is 2.55. The van der Waals surface area contributed by atoms with Crippen LogP contribution in [0.1, 0.15) is 45.2 Å². The Hall–Kier alpha value is -2.24. The van der Waals surface area contributed by atoms with Crippen LogP contribution < -0.4 is 10.6 Å². The van der Waals surface area contributed by atoms with Gasteiger partial charge in [-0.15, -0.1) is 0 Å². The molecule has 0 aliphatic rings. The first kappa shape index (κ1) is 20.8. The minimum atomic E-state index is -0.481. The van der Waals surface area contributed by atoms with Crippen LogP contribution in [0, 0.1) is 0 Å². The summed E-state index contributed by atoms with van der Waals surface area (Å²) in [5, 5.41) is 6.52. The maximum Gasteiger partial charge on any atom is 0.410 e. The molecule has 25 heavy (non-hydrogen) atoms. The fourth-order valence-corrected chi connectivity index (χ4v) is 2.09. The number of carbonyl (C=O) groups excluding carboxylic acids is 1. The van der Waals surface area contributed by atoms with E-state index in [-0.39, 0.29) is 6.09 Å². The van der Waals surface area contributed by atoms with Crippen molar-refractivity contribution in [3.63, 3.8) is 0 Å². The maximum atomic E-state index is 12.0. The zero-order valence-electron chi connectivity index (χ0n) is 16.3. The summed E-state index contributed by atoms with van der Waals surface area (Å²) in [5.74, 6) is 0.801. The van der Waals surface area contributed by atoms with Crippen molar-refractivity contribution in [3.05, 3.63) is 35.4 Å². The van der Waals surface area contributed by atoms with Gasteiger partial charge in [-0.2, -0.15) is 0 Å². The van der Waals surface area contributed by atoms with Crippen LogP contribution in [0.4, 0.5) is 4.79 Å². The van der Waals surface area contributed by atoms with E-state index in [1.807, 2.05) is 32.9 Å². The van der Waals surface area contributed by atoms with Gasteiger partial charge in [0.2, 0.25) is 0 Å². The molecule has 6 nitrogen and oxygen atoms in total. The molecule has 0 spiro atoms. The Kier molecular flexibility index (Phi) is 8.25. The first-order valence-corrected chi connectivity index (χ1v) is 8.71. The standard InChI is InChI=1S/C19H32N4O2/c1-7-12-21-17(20-5)22-13-15-8-10-16(11-9-15)14-23(6)18(24)25-19(2,3)4/h8-11H,7,12-14H2,1-6H3,(H2,20,21,22). The number of aliphatic imine (C=N–C) groups is 1. The predicted octanol–water partition coefficient (Wildman–Crippen LogP) is 3.13. The fourth-order valence-electron chi connectivity index (χ4n) is 2.09. The molecule has 0 radical (unpaired) electrons. The second-order valence-electron chi connectivity index (χ2n) is 7.01. The molecule has 140 valence electrons. The topological polar surface area (TPSA) is 66.0 Å². The van der Waals surface area contributed by atoms with Gasteiger partial charge in [0.15, 0.2) is 5.96 Å². The van der Waals surface area contributed by atoms with Crippen LogP contribution in [0.15, 0.2) is 29.3 Å². The lowest BCUT2D eigenvalue weighted by molar-refractivity contribution is 0.0285. The Morgan fingerprint density at radius 1 is 1.16 bits per heavy atom. The van der Waals surface area contributed by atoms with Crippen LogP contribution in [-0.2, 0) is 17.8 Å². The lowest BCUT2D eigenvalue weighted by Crippen LogP contribution is -2.37.